The lowest BCUT2D eigenvalue weighted by Gasteiger charge is -2.06. The van der Waals surface area contributed by atoms with E-state index < -0.39 is 4.92 Å². The molecule has 0 saturated heterocycles. The van der Waals surface area contributed by atoms with Gasteiger partial charge in [-0.25, -0.2) is 0 Å². The Kier molecular flexibility index (Phi) is 5.12. The largest absolute Gasteiger partial charge is 0.508 e. The van der Waals surface area contributed by atoms with E-state index in [1.54, 1.807) is 24.3 Å². The Morgan fingerprint density at radius 3 is 2.11 bits per heavy atom. The molecule has 2 N–H and O–H groups in total. The maximum Gasteiger partial charge on any atom is 0.269 e. The van der Waals surface area contributed by atoms with Gasteiger partial charge in [-0.05, 0) is 42.0 Å². The zero-order valence-electron chi connectivity index (χ0n) is 13.7. The van der Waals surface area contributed by atoms with Crippen molar-refractivity contribution in [3.63, 3.8) is 0 Å². The molecule has 0 unspecified atom stereocenters. The van der Waals surface area contributed by atoms with Crippen molar-refractivity contribution in [2.24, 2.45) is 10.6 Å². The van der Waals surface area contributed by atoms with Gasteiger partial charge in [-0.2, -0.15) is 0 Å². The number of benzene rings is 3. The van der Waals surface area contributed by atoms with Crippen LogP contribution in [0.5, 0.6) is 23.0 Å². The molecule has 136 valence electrons. The number of rotatable bonds is 6. The van der Waals surface area contributed by atoms with Crippen LogP contribution in [0.1, 0.15) is 0 Å². The predicted molar refractivity (Wildman–Crippen MR) is 94.4 cm³/mol. The molecule has 0 aliphatic carbocycles. The number of hydrogen-bond donors (Lipinski definition) is 2. The van der Waals surface area contributed by atoms with E-state index in [9.17, 15) is 20.3 Å². The van der Waals surface area contributed by atoms with Crippen LogP contribution in [0.15, 0.2) is 77.3 Å². The molecule has 0 amide bonds. The number of non-ortho nitro benzene ring substituents is 1. The monoisotopic (exact) mass is 367 g/mol. The van der Waals surface area contributed by atoms with E-state index in [-0.39, 0.29) is 28.7 Å². The van der Waals surface area contributed by atoms with E-state index >= 15 is 0 Å². The molecule has 9 nitrogen and oxygen atoms in total. The highest BCUT2D eigenvalue weighted by Crippen LogP contribution is 2.33. The highest BCUT2D eigenvalue weighted by Gasteiger charge is 2.09. The first kappa shape index (κ1) is 17.7. The smallest absolute Gasteiger partial charge is 0.269 e. The Labute approximate surface area is 152 Å². The van der Waals surface area contributed by atoms with E-state index in [4.69, 9.17) is 9.68 Å². The maximum absolute atomic E-state index is 10.7. The van der Waals surface area contributed by atoms with Crippen molar-refractivity contribution < 1.29 is 24.8 Å². The van der Waals surface area contributed by atoms with Crippen LogP contribution in [-0.2, 0) is 0 Å². The van der Waals surface area contributed by atoms with Gasteiger partial charge in [0.1, 0.15) is 11.5 Å². The fourth-order valence-corrected chi connectivity index (χ4v) is 2.24. The number of aromatic hydroxyl groups is 2. The second kappa shape index (κ2) is 7.83. The minimum Gasteiger partial charge on any atom is -0.508 e. The number of nitrogens with zero attached hydrogens (tertiary/aromatic N) is 3. The molecule has 3 rings (SSSR count). The molecule has 27 heavy (non-hydrogen) atoms. The summed E-state index contributed by atoms with van der Waals surface area (Å²) in [6.07, 6.45) is 0. The van der Waals surface area contributed by atoms with Crippen molar-refractivity contribution >= 4 is 5.69 Å². The van der Waals surface area contributed by atoms with Crippen molar-refractivity contribution in [3.05, 3.63) is 76.8 Å². The lowest BCUT2D eigenvalue weighted by atomic mass is 10.0. The van der Waals surface area contributed by atoms with Gasteiger partial charge in [-0.15, -0.1) is 0 Å². The Hall–Kier alpha value is -4.14. The van der Waals surface area contributed by atoms with E-state index in [1.807, 2.05) is 0 Å². The van der Waals surface area contributed by atoms with E-state index in [0.29, 0.717) is 11.1 Å². The Balaban J connectivity index is 1.65. The summed E-state index contributed by atoms with van der Waals surface area (Å²) < 4.78 is 0. The van der Waals surface area contributed by atoms with Gasteiger partial charge in [0.2, 0.25) is 0 Å². The second-order valence-electron chi connectivity index (χ2n) is 5.33. The third kappa shape index (κ3) is 4.48. The molecule has 0 aliphatic heterocycles. The highest BCUT2D eigenvalue weighted by atomic mass is 16.7. The van der Waals surface area contributed by atoms with Crippen LogP contribution >= 0.6 is 0 Å². The third-order valence-corrected chi connectivity index (χ3v) is 3.50. The Morgan fingerprint density at radius 2 is 1.52 bits per heavy atom. The van der Waals surface area contributed by atoms with E-state index in [0.717, 1.165) is 0 Å². The van der Waals surface area contributed by atoms with Crippen LogP contribution in [-0.4, -0.2) is 15.1 Å². The van der Waals surface area contributed by atoms with Gasteiger partial charge in [-0.3, -0.25) is 10.1 Å². The lowest BCUT2D eigenvalue weighted by molar-refractivity contribution is -0.384. The number of phenolic OH excluding ortho intramolecular Hbond substituents is 2. The van der Waals surface area contributed by atoms with Crippen molar-refractivity contribution in [3.8, 4) is 34.1 Å². The summed E-state index contributed by atoms with van der Waals surface area (Å²) >= 11 is 0. The zero-order chi connectivity index (χ0) is 19.2. The molecule has 3 aromatic carbocycles. The number of nitro groups is 1. The van der Waals surface area contributed by atoms with E-state index in [2.05, 4.69) is 10.6 Å². The number of nitro benzene ring substituents is 1. The Morgan fingerprint density at radius 1 is 0.852 bits per heavy atom. The summed E-state index contributed by atoms with van der Waals surface area (Å²) in [5.74, 6) is 0.418. The van der Waals surface area contributed by atoms with Crippen LogP contribution in [0.4, 0.5) is 5.69 Å². The SMILES string of the molecule is O=[N+]([O-])c1ccc(-c2ccc(ON=NOc3cccc(O)c3)cc2O)cc1. The lowest BCUT2D eigenvalue weighted by Crippen LogP contribution is -1.88. The van der Waals surface area contributed by atoms with Crippen LogP contribution < -0.4 is 9.68 Å². The van der Waals surface area contributed by atoms with Gasteiger partial charge in [0.15, 0.2) is 11.5 Å². The first-order chi connectivity index (χ1) is 13.0. The first-order valence-corrected chi connectivity index (χ1v) is 7.64. The van der Waals surface area contributed by atoms with Gasteiger partial charge in [0, 0.05) is 29.8 Å². The maximum atomic E-state index is 10.7. The van der Waals surface area contributed by atoms with Crippen molar-refractivity contribution in [2.45, 2.75) is 0 Å². The van der Waals surface area contributed by atoms with Crippen LogP contribution in [0.2, 0.25) is 0 Å². The van der Waals surface area contributed by atoms with Crippen LogP contribution in [0.3, 0.4) is 0 Å². The van der Waals surface area contributed by atoms with E-state index in [1.165, 1.54) is 42.5 Å². The molecule has 0 saturated carbocycles. The molecule has 0 radical (unpaired) electrons. The molecule has 0 atom stereocenters. The minimum atomic E-state index is -0.496. The molecule has 0 fully saturated rings. The summed E-state index contributed by atoms with van der Waals surface area (Å²) in [6.45, 7) is 0. The standard InChI is InChI=1S/C18H13N3O6/c22-14-2-1-3-15(10-14)26-19-20-27-16-8-9-17(18(23)11-16)12-4-6-13(7-5-12)21(24)25/h1-11,22-23H. The van der Waals surface area contributed by atoms with Gasteiger partial charge in [0.25, 0.3) is 5.69 Å². The predicted octanol–water partition coefficient (Wildman–Crippen LogP) is 4.41. The van der Waals surface area contributed by atoms with Crippen LogP contribution in [0, 0.1) is 10.1 Å². The minimum absolute atomic E-state index is 0.0235. The molecule has 0 heterocycles. The Bertz CT molecular complexity index is 989. The summed E-state index contributed by atoms with van der Waals surface area (Å²) in [5, 5.41) is 36.9. The summed E-state index contributed by atoms with van der Waals surface area (Å²) in [4.78, 5) is 20.1. The highest BCUT2D eigenvalue weighted by molar-refractivity contribution is 5.71. The molecule has 0 bridgehead atoms. The van der Waals surface area contributed by atoms with Crippen molar-refractivity contribution in [1.82, 2.24) is 0 Å². The third-order valence-electron chi connectivity index (χ3n) is 3.50. The molecule has 3 aromatic rings. The summed E-state index contributed by atoms with van der Waals surface area (Å²) in [5.41, 5.74) is 1.05. The average molecular weight is 367 g/mol. The fraction of sp³-hybridized carbons (Fsp3) is 0. The fourth-order valence-electron chi connectivity index (χ4n) is 2.24. The molecular weight excluding hydrogens is 354 g/mol. The molecule has 0 aromatic heterocycles. The number of phenols is 2. The van der Waals surface area contributed by atoms with Crippen molar-refractivity contribution in [1.29, 1.82) is 0 Å². The molecule has 0 spiro atoms. The van der Waals surface area contributed by atoms with Gasteiger partial charge in [-0.1, -0.05) is 6.07 Å². The zero-order valence-corrected chi connectivity index (χ0v) is 13.7. The summed E-state index contributed by atoms with van der Waals surface area (Å²) in [6, 6.07) is 16.2. The average Bonchev–Trinajstić information content (AvgIpc) is 2.65. The van der Waals surface area contributed by atoms with Crippen LogP contribution in [0.25, 0.3) is 11.1 Å². The quantitative estimate of drug-likeness (QED) is 0.377. The van der Waals surface area contributed by atoms with Crippen molar-refractivity contribution in [2.75, 3.05) is 0 Å². The van der Waals surface area contributed by atoms with Gasteiger partial charge in [0.05, 0.1) is 15.5 Å². The van der Waals surface area contributed by atoms with Gasteiger partial charge >= 0.3 is 0 Å². The summed E-state index contributed by atoms with van der Waals surface area (Å²) in [7, 11) is 0. The molecule has 0 aliphatic rings. The molecular formula is C18H13N3O6. The normalized spacial score (nSPS) is 10.7. The first-order valence-electron chi connectivity index (χ1n) is 7.64. The second-order valence-corrected chi connectivity index (χ2v) is 5.33. The number of hydrogen-bond acceptors (Lipinski definition) is 8. The topological polar surface area (TPSA) is 127 Å². The van der Waals surface area contributed by atoms with Gasteiger partial charge < -0.3 is 19.9 Å². The molecule has 9 heteroatoms.